The number of aliphatic hydroxyl groups excluding tert-OH is 1. The van der Waals surface area contributed by atoms with Crippen molar-refractivity contribution in [3.63, 3.8) is 0 Å². The molecule has 15 aromatic rings. The summed E-state index contributed by atoms with van der Waals surface area (Å²) >= 11 is 0. The summed E-state index contributed by atoms with van der Waals surface area (Å²) in [4.78, 5) is 116. The van der Waals surface area contributed by atoms with Crippen LogP contribution in [0, 0.1) is 40.9 Å². The fraction of sp³-hybridized carbons (Fsp3) is 0.145. The minimum absolute atomic E-state index is 0. The topological polar surface area (TPSA) is 359 Å². The van der Waals surface area contributed by atoms with Crippen LogP contribution in [0.15, 0.2) is 364 Å². The molecule has 30 heteroatoms. The number of carboxylic acid groups (broad SMARTS) is 3. The number of aliphatic hydroxyl groups is 1. The van der Waals surface area contributed by atoms with Gasteiger partial charge in [-0.2, -0.15) is 0 Å². The van der Waals surface area contributed by atoms with Crippen LogP contribution in [0.2, 0.25) is 0 Å². The van der Waals surface area contributed by atoms with E-state index in [0.717, 1.165) is 83.7 Å². The third-order valence-corrected chi connectivity index (χ3v) is 22.5. The van der Waals surface area contributed by atoms with E-state index < -0.39 is 70.7 Å². The maximum atomic E-state index is 14.5. The second kappa shape index (κ2) is 59.0. The molecule has 2 aliphatic heterocycles. The molecule has 15 aromatic carbocycles. The molecule has 23 nitrogen and oxygen atoms in total. The van der Waals surface area contributed by atoms with Crippen molar-refractivity contribution in [1.29, 1.82) is 0 Å². The Morgan fingerprint density at radius 3 is 0.878 bits per heavy atom. The van der Waals surface area contributed by atoms with Crippen LogP contribution < -0.4 is 61.9 Å². The van der Waals surface area contributed by atoms with E-state index in [4.69, 9.17) is 30.9 Å². The number of anilines is 5. The maximum Gasteiger partial charge on any atom is 1.00 e. The number of rotatable bonds is 29. The number of halogens is 5. The summed E-state index contributed by atoms with van der Waals surface area (Å²) in [7, 11) is 0. The number of aromatic carboxylic acids is 1. The molecule has 745 valence electrons. The second-order valence-electron chi connectivity index (χ2n) is 33.4. The Balaban J connectivity index is 0.000000216. The summed E-state index contributed by atoms with van der Waals surface area (Å²) in [6.45, 7) is 6.31. The average Bonchev–Trinajstić information content (AvgIpc) is 0.801. The van der Waals surface area contributed by atoms with Crippen LogP contribution in [-0.2, 0) is 64.3 Å². The zero-order chi connectivity index (χ0) is 104. The molecule has 2 saturated heterocycles. The predicted octanol–water partition coefficient (Wildman–Crippen LogP) is 18.3. The number of aliphatic carboxylic acids is 2. The Morgan fingerprint density at radius 2 is 0.612 bits per heavy atom. The van der Waals surface area contributed by atoms with E-state index in [2.05, 4.69) is 67.7 Å². The van der Waals surface area contributed by atoms with Gasteiger partial charge in [0.05, 0.1) is 76.8 Å². The molecule has 17 rings (SSSR count). The van der Waals surface area contributed by atoms with Crippen LogP contribution >= 0.6 is 0 Å². The zero-order valence-electron chi connectivity index (χ0n) is 81.7. The number of nitrogens with zero attached hydrogens (tertiary/aromatic N) is 1. The summed E-state index contributed by atoms with van der Waals surface area (Å²) in [5.74, 6) is -8.55. The molecular formula is C117H107BF5N7NaO16. The van der Waals surface area contributed by atoms with Gasteiger partial charge in [0, 0.05) is 69.0 Å². The number of aldehydes is 1. The molecule has 2 fully saturated rings. The number of amides is 4. The molecule has 0 atom stereocenters. The van der Waals surface area contributed by atoms with Gasteiger partial charge in [0.1, 0.15) is 35.4 Å². The molecule has 0 bridgehead atoms. The van der Waals surface area contributed by atoms with Crippen molar-refractivity contribution in [2.45, 2.75) is 59.1 Å². The molecule has 11 N–H and O–H groups in total. The van der Waals surface area contributed by atoms with E-state index in [0.29, 0.717) is 72.4 Å². The van der Waals surface area contributed by atoms with Crippen molar-refractivity contribution >= 4 is 96.6 Å². The first-order chi connectivity index (χ1) is 70.0. The summed E-state index contributed by atoms with van der Waals surface area (Å²) < 4.78 is 78.8. The largest absolute Gasteiger partial charge is 1.00 e. The molecule has 147 heavy (non-hydrogen) atoms. The number of hydrogen-bond acceptors (Lipinski definition) is 16. The molecule has 0 unspecified atom stereocenters. The number of ether oxygens (including phenoxy) is 2. The molecule has 2 heterocycles. The number of carbonyl (C=O) groups is 10. The van der Waals surface area contributed by atoms with E-state index in [1.807, 2.05) is 181 Å². The maximum absolute atomic E-state index is 14.5. The summed E-state index contributed by atoms with van der Waals surface area (Å²) in [6, 6.07) is 107. The smallest absolute Gasteiger partial charge is 1.00 e. The van der Waals surface area contributed by atoms with Crippen molar-refractivity contribution in [1.82, 2.24) is 10.2 Å². The van der Waals surface area contributed by atoms with Crippen LogP contribution in [0.4, 0.5) is 50.4 Å². The van der Waals surface area contributed by atoms with Gasteiger partial charge >= 0.3 is 59.4 Å². The molecule has 0 saturated carbocycles. The Hall–Kier alpha value is -16.4. The standard InChI is InChI=1S/C25H23FN2O3.C23H20FNO3.C21H18FNO2.C21H16FNO2.C14H12O2.C9H10FNO2.C4H7NO2.B.Na.H/c26-22-13-19(14-28-15-21(16-28)25(30)31)8-11-23(22)27-24(29)20-9-6-18(7-10-20)12-17-4-2-1-3-5-17;1-2-28-23(27)19-12-13-21(20(24)15-19)25-22(26)18-10-8-17(9-11-18)14-16-6-4-3-5-7-16;2*22-19-13-17(14-24)8-11-20(19)23-21(25)18-9-6-16(7-10-18)12-15-4-2-1-3-5-15;15-14(16)13-8-6-12(7-9-13)10-11-4-2-1-3-5-11;1-2-13-9(12)6-3-4-8(11)7(10)5-6;6-4(7)3-1-5-2-3;;;/h1-11,13,21H,12,14-16H2,(H,27,29)(H,30,31);3-13,15H,2,14H2,1H3,(H,25,26);1-11,13,24H,12,14H2,(H,23,25);1-11,13-14H,12H2,(H,23,25);1-9H,10H2,(H,15,16);3-5H,2,11H2,1H3;3,5H,1-2H2,(H,6,7);;;/q;;;;;;;;+1;-1. The first-order valence-electron chi connectivity index (χ1n) is 46.2. The minimum atomic E-state index is -0.883. The molecule has 3 radical (unpaired) electrons. The predicted molar refractivity (Wildman–Crippen MR) is 554 cm³/mol. The summed E-state index contributed by atoms with van der Waals surface area (Å²) in [5, 5.41) is 48.0. The molecule has 0 spiro atoms. The number of benzene rings is 15. The third kappa shape index (κ3) is 37.1. The van der Waals surface area contributed by atoms with E-state index in [1.54, 1.807) is 92.7 Å². The average molecular weight is 2000 g/mol. The van der Waals surface area contributed by atoms with Crippen LogP contribution in [0.3, 0.4) is 0 Å². The zero-order valence-corrected chi connectivity index (χ0v) is 82.7. The van der Waals surface area contributed by atoms with E-state index in [9.17, 15) is 69.9 Å². The van der Waals surface area contributed by atoms with Crippen LogP contribution in [0.1, 0.15) is 165 Å². The Morgan fingerprint density at radius 1 is 0.347 bits per heavy atom. The van der Waals surface area contributed by atoms with Gasteiger partial charge in [0.2, 0.25) is 0 Å². The van der Waals surface area contributed by atoms with Gasteiger partial charge in [-0.05, 0) is 252 Å². The van der Waals surface area contributed by atoms with Crippen molar-refractivity contribution in [3.8, 4) is 0 Å². The van der Waals surface area contributed by atoms with Crippen LogP contribution in [0.5, 0.6) is 0 Å². The molecule has 2 aliphatic rings. The van der Waals surface area contributed by atoms with Crippen molar-refractivity contribution in [2.24, 2.45) is 11.8 Å². The number of nitrogen functional groups attached to an aromatic ring is 1. The second-order valence-corrected chi connectivity index (χ2v) is 33.4. The monoisotopic (exact) mass is 1990 g/mol. The van der Waals surface area contributed by atoms with Gasteiger partial charge in [-0.15, -0.1) is 0 Å². The normalized spacial score (nSPS) is 11.4. The van der Waals surface area contributed by atoms with Gasteiger partial charge in [-0.3, -0.25) is 38.5 Å². The molecule has 0 aromatic heterocycles. The number of nitrogens with one attached hydrogen (secondary N) is 5. The van der Waals surface area contributed by atoms with Crippen LogP contribution in [-0.4, -0.2) is 133 Å². The Kier molecular flexibility index (Phi) is 45.8. The first kappa shape index (κ1) is 114. The number of likely N-dealkylation sites (tertiary alicyclic amines) is 1. The van der Waals surface area contributed by atoms with Crippen molar-refractivity contribution in [2.75, 3.05) is 66.4 Å². The minimum Gasteiger partial charge on any atom is -1.00 e. The van der Waals surface area contributed by atoms with Gasteiger partial charge < -0.3 is 63.6 Å². The van der Waals surface area contributed by atoms with Crippen molar-refractivity contribution < 1.29 is 131 Å². The number of carbonyl (C=O) groups excluding carboxylic acids is 7. The molecule has 0 aliphatic carbocycles. The fourth-order valence-corrected chi connectivity index (χ4v) is 14.4. The number of esters is 2. The van der Waals surface area contributed by atoms with E-state index in [-0.39, 0.29) is 128 Å². The van der Waals surface area contributed by atoms with Gasteiger partial charge in [-0.25, -0.2) is 36.3 Å². The molecule has 4 amide bonds. The van der Waals surface area contributed by atoms with Gasteiger partial charge in [0.25, 0.3) is 23.6 Å². The third-order valence-electron chi connectivity index (χ3n) is 22.5. The first-order valence-corrected chi connectivity index (χ1v) is 46.2. The number of hydrogen-bond donors (Lipinski definition) is 10. The van der Waals surface area contributed by atoms with Gasteiger partial charge in [-0.1, -0.05) is 224 Å². The fourth-order valence-electron chi connectivity index (χ4n) is 14.4. The quantitative estimate of drug-likeness (QED) is 0.00684. The summed E-state index contributed by atoms with van der Waals surface area (Å²) in [5.41, 5.74) is 20.8. The number of nitrogens with two attached hydrogens (primary N) is 1. The van der Waals surface area contributed by atoms with Gasteiger partial charge in [0.15, 0.2) is 0 Å². The van der Waals surface area contributed by atoms with Crippen molar-refractivity contribution in [3.05, 3.63) is 504 Å². The Labute approximate surface area is 873 Å². The van der Waals surface area contributed by atoms with E-state index >= 15 is 0 Å². The number of carboxylic acids is 3. The summed E-state index contributed by atoms with van der Waals surface area (Å²) in [6.07, 6.45) is 4.52. The SMILES string of the molecule is CCOC(=O)c1ccc(N)c(F)c1.CCOC(=O)c1ccc(NC(=O)c2ccc(Cc3ccccc3)cc2)c(F)c1.O=C(Nc1ccc(CN2CC(C(=O)O)C2)cc1F)c1ccc(Cc2ccccc2)cc1.O=C(Nc1ccc(CO)cc1F)c1ccc(Cc2ccccc2)cc1.O=C(O)C1CNC1.O=C(O)c1ccc(Cc2ccccc2)cc1.O=Cc1ccc(NC(=O)c2ccc(Cc3ccccc3)cc2)c(F)c1.[B].[H-].[Na+]. The van der Waals surface area contributed by atoms with Crippen LogP contribution in [0.25, 0.3) is 0 Å². The Bertz CT molecular complexity index is 6880. The molecular weight excluding hydrogens is 1890 g/mol. The van der Waals surface area contributed by atoms with E-state index in [1.165, 1.54) is 82.4 Å².